The first-order valence-electron chi connectivity index (χ1n) is 24.5. The van der Waals surface area contributed by atoms with Crippen LogP contribution < -0.4 is 0 Å². The normalized spacial score (nSPS) is 21.6. The van der Waals surface area contributed by atoms with Gasteiger partial charge in [-0.2, -0.15) is 0 Å². The van der Waals surface area contributed by atoms with Crippen molar-refractivity contribution < 1.29 is 81.7 Å². The third-order valence-corrected chi connectivity index (χ3v) is 13.1. The molecular weight excluding hydrogens is 874 g/mol. The zero-order valence-corrected chi connectivity index (χ0v) is 40.8. The zero-order chi connectivity index (χ0) is 47.6. The van der Waals surface area contributed by atoms with Crippen LogP contribution in [0.4, 0.5) is 0 Å². The number of rotatable bonds is 42. The molecule has 1 rings (SSSR count). The molecule has 1 aliphatic carbocycles. The predicted octanol–water partition coefficient (Wildman–Crippen LogP) is 8.58. The Hall–Kier alpha value is -1.33. The number of unbranched alkanes of at least 4 members (excludes halogenated alkanes) is 24. The summed E-state index contributed by atoms with van der Waals surface area (Å²) in [5, 5.41) is 41.5. The Morgan fingerprint density at radius 2 is 0.812 bits per heavy atom. The fourth-order valence-electron chi connectivity index (χ4n) is 7.80. The molecule has 17 nitrogen and oxygen atoms in total. The topological polar surface area (TPSA) is 273 Å². The lowest BCUT2D eigenvalue weighted by molar-refractivity contribution is -0.216. The van der Waals surface area contributed by atoms with E-state index in [1.807, 2.05) is 6.92 Å². The Morgan fingerprint density at radius 1 is 0.453 bits per heavy atom. The van der Waals surface area contributed by atoms with Crippen molar-refractivity contribution in [3.05, 3.63) is 0 Å². The summed E-state index contributed by atoms with van der Waals surface area (Å²) in [5.41, 5.74) is 0. The Bertz CT molecular complexity index is 1300. The molecule has 4 unspecified atom stereocenters. The van der Waals surface area contributed by atoms with Gasteiger partial charge in [-0.05, 0) is 25.7 Å². The van der Waals surface area contributed by atoms with E-state index in [2.05, 4.69) is 11.4 Å². The van der Waals surface area contributed by atoms with Gasteiger partial charge in [0.15, 0.2) is 6.10 Å². The second-order valence-electron chi connectivity index (χ2n) is 17.5. The number of phosphoric acid groups is 2. The smallest absolute Gasteiger partial charge is 0.462 e. The van der Waals surface area contributed by atoms with Crippen molar-refractivity contribution in [3.8, 4) is 0 Å². The molecule has 1 aliphatic rings. The Kier molecular flexibility index (Phi) is 34.8. The van der Waals surface area contributed by atoms with Crippen LogP contribution in [-0.2, 0) is 46.6 Å². The minimum absolute atomic E-state index is 0.0485. The molecule has 64 heavy (non-hydrogen) atoms. The highest BCUT2D eigenvalue weighted by Crippen LogP contribution is 2.48. The van der Waals surface area contributed by atoms with Crippen LogP contribution >= 0.6 is 15.6 Å². The number of carbonyl (C=O) groups excluding carboxylic acids is 3. The number of ketones is 1. The number of aliphatic hydroxyl groups excluding tert-OH is 4. The molecule has 0 bridgehead atoms. The minimum Gasteiger partial charge on any atom is -0.462 e. The maximum Gasteiger partial charge on any atom is 0.472 e. The summed E-state index contributed by atoms with van der Waals surface area (Å²) in [7, 11) is -10.6. The summed E-state index contributed by atoms with van der Waals surface area (Å²) >= 11 is 0. The van der Waals surface area contributed by atoms with Crippen LogP contribution in [0.1, 0.15) is 213 Å². The second-order valence-corrected chi connectivity index (χ2v) is 20.1. The molecule has 0 heterocycles. The third kappa shape index (κ3) is 30.9. The summed E-state index contributed by atoms with van der Waals surface area (Å²) in [6.45, 7) is 2.92. The number of hydrogen-bond donors (Lipinski definition) is 7. The van der Waals surface area contributed by atoms with E-state index < -0.39 is 83.5 Å². The minimum atomic E-state index is -5.31. The van der Waals surface area contributed by atoms with E-state index in [-0.39, 0.29) is 12.8 Å². The lowest BCUT2D eigenvalue weighted by Gasteiger charge is -2.43. The number of phosphoric ester groups is 2. The van der Waals surface area contributed by atoms with Gasteiger partial charge in [0.05, 0.1) is 6.61 Å². The Balaban J connectivity index is 2.52. The zero-order valence-electron chi connectivity index (χ0n) is 39.0. The molecule has 1 fully saturated rings. The molecule has 0 amide bonds. The van der Waals surface area contributed by atoms with Crippen LogP contribution in [0.5, 0.6) is 0 Å². The van der Waals surface area contributed by atoms with Crippen LogP contribution in [-0.4, -0.2) is 109 Å². The molecule has 378 valence electrons. The fraction of sp³-hybridized carbons (Fsp3) is 0.933. The summed E-state index contributed by atoms with van der Waals surface area (Å²) in [5.74, 6) is -0.823. The summed E-state index contributed by atoms with van der Waals surface area (Å²) in [6, 6.07) is 0. The van der Waals surface area contributed by atoms with E-state index in [0.29, 0.717) is 31.5 Å². The van der Waals surface area contributed by atoms with E-state index in [0.717, 1.165) is 70.6 Å². The average molecular weight is 961 g/mol. The number of ether oxygens (including phenoxy) is 2. The number of Topliss-reactive ketones (excluding diaryl/α,β-unsaturated/α-hetero) is 1. The van der Waals surface area contributed by atoms with Crippen LogP contribution in [0.2, 0.25) is 0 Å². The molecule has 8 atom stereocenters. The molecule has 0 aromatic carbocycles. The standard InChI is InChI=1S/C45H86O17P2/c1-3-5-6-7-8-9-10-12-17-20-23-26-29-33-39(48)60-37(35-59-64(56,57)62-45-42(51)40(49)44(41(50)43(45)52)61-63(53,54)55)34-58-38(47)32-28-25-22-19-16-14-11-13-15-18-21-24-27-31-36(46)30-4-2/h37,40-45,49-52H,3-35H2,1-2H3,(H,56,57)(H2,53,54,55)/t37-,40-,41+,42?,43-,44?,45?/m1/s1. The maximum absolute atomic E-state index is 12.9. The lowest BCUT2D eigenvalue weighted by Crippen LogP contribution is -2.64. The van der Waals surface area contributed by atoms with Crippen molar-refractivity contribution in [2.45, 2.75) is 256 Å². The Labute approximate surface area is 383 Å². The first-order valence-corrected chi connectivity index (χ1v) is 27.5. The van der Waals surface area contributed by atoms with Gasteiger partial charge in [-0.25, -0.2) is 9.13 Å². The molecule has 0 aliphatic heterocycles. The molecular formula is C45H86O17P2. The fourth-order valence-corrected chi connectivity index (χ4v) is 9.34. The molecule has 0 saturated heterocycles. The average Bonchev–Trinajstić information content (AvgIpc) is 3.24. The van der Waals surface area contributed by atoms with Gasteiger partial charge in [0, 0.05) is 25.7 Å². The van der Waals surface area contributed by atoms with Crippen LogP contribution in [0, 0.1) is 0 Å². The van der Waals surface area contributed by atoms with E-state index in [9.17, 15) is 48.8 Å². The highest BCUT2D eigenvalue weighted by atomic mass is 31.2. The largest absolute Gasteiger partial charge is 0.472 e. The molecule has 0 radical (unpaired) electrons. The van der Waals surface area contributed by atoms with Crippen LogP contribution in [0.25, 0.3) is 0 Å². The monoisotopic (exact) mass is 961 g/mol. The van der Waals surface area contributed by atoms with Gasteiger partial charge in [0.1, 0.15) is 49.0 Å². The third-order valence-electron chi connectivity index (χ3n) is 11.6. The number of aliphatic hydroxyl groups is 4. The van der Waals surface area contributed by atoms with Crippen molar-refractivity contribution in [2.75, 3.05) is 13.2 Å². The molecule has 0 aromatic rings. The summed E-state index contributed by atoms with van der Waals surface area (Å²) in [4.78, 5) is 65.6. The van der Waals surface area contributed by atoms with E-state index in [4.69, 9.17) is 28.3 Å². The van der Waals surface area contributed by atoms with Crippen molar-refractivity contribution >= 4 is 33.4 Å². The van der Waals surface area contributed by atoms with Crippen molar-refractivity contribution in [1.29, 1.82) is 0 Å². The van der Waals surface area contributed by atoms with E-state index in [1.54, 1.807) is 0 Å². The van der Waals surface area contributed by atoms with Gasteiger partial charge in [0.2, 0.25) is 0 Å². The van der Waals surface area contributed by atoms with Gasteiger partial charge in [-0.15, -0.1) is 0 Å². The van der Waals surface area contributed by atoms with Crippen LogP contribution in [0.15, 0.2) is 0 Å². The Morgan fingerprint density at radius 3 is 1.20 bits per heavy atom. The molecule has 7 N–H and O–H groups in total. The van der Waals surface area contributed by atoms with Crippen LogP contribution in [0.3, 0.4) is 0 Å². The second kappa shape index (κ2) is 36.7. The molecule has 0 aromatic heterocycles. The van der Waals surface area contributed by atoms with E-state index >= 15 is 0 Å². The van der Waals surface area contributed by atoms with Gasteiger partial charge in [0.25, 0.3) is 0 Å². The first kappa shape index (κ1) is 60.7. The van der Waals surface area contributed by atoms with Gasteiger partial charge < -0.3 is 44.6 Å². The SMILES string of the molecule is CCCCCCCCCCCCCCCC(=O)O[C@H](COC(=O)CCCCCCCCCCCCCCCC(=O)CCC)COP(=O)(O)OC1C(O)[C@@H](O)C(OP(=O)(O)O)[C@@H](O)[C@H]1O. The molecule has 1 saturated carbocycles. The first-order chi connectivity index (χ1) is 30.5. The molecule has 19 heteroatoms. The van der Waals surface area contributed by atoms with Crippen molar-refractivity contribution in [2.24, 2.45) is 0 Å². The predicted molar refractivity (Wildman–Crippen MR) is 242 cm³/mol. The number of hydrogen-bond acceptors (Lipinski definition) is 14. The highest BCUT2D eigenvalue weighted by Gasteiger charge is 2.54. The van der Waals surface area contributed by atoms with Gasteiger partial charge in [-0.3, -0.25) is 28.0 Å². The quantitative estimate of drug-likeness (QED) is 0.0171. The summed E-state index contributed by atoms with van der Waals surface area (Å²) < 4.78 is 49.1. The maximum atomic E-state index is 12.9. The summed E-state index contributed by atoms with van der Waals surface area (Å²) in [6.07, 6.45) is 16.2. The van der Waals surface area contributed by atoms with Gasteiger partial charge in [-0.1, -0.05) is 162 Å². The highest BCUT2D eigenvalue weighted by molar-refractivity contribution is 7.47. The lowest BCUT2D eigenvalue weighted by atomic mass is 9.85. The van der Waals surface area contributed by atoms with Crippen molar-refractivity contribution in [3.63, 3.8) is 0 Å². The van der Waals surface area contributed by atoms with Crippen molar-refractivity contribution in [1.82, 2.24) is 0 Å². The number of carbonyl (C=O) groups is 3. The number of esters is 2. The van der Waals surface area contributed by atoms with E-state index in [1.165, 1.54) is 89.9 Å². The molecule has 0 spiro atoms. The van der Waals surface area contributed by atoms with Gasteiger partial charge >= 0.3 is 27.6 Å².